The first kappa shape index (κ1) is 23.4. The smallest absolute Gasteiger partial charge is 0.256 e. The number of aromatic nitrogens is 1. The molecule has 7 aromatic rings. The third-order valence-corrected chi connectivity index (χ3v) is 9.05. The number of rotatable bonds is 3. The molecule has 3 heterocycles. The van der Waals surface area contributed by atoms with E-state index in [9.17, 15) is 0 Å². The Bertz CT molecular complexity index is 2180. The number of hydrogen-bond acceptors (Lipinski definition) is 1. The van der Waals surface area contributed by atoms with Crippen LogP contribution in [-0.4, -0.2) is 11.3 Å². The van der Waals surface area contributed by atoms with Crippen molar-refractivity contribution in [3.8, 4) is 50.6 Å². The minimum absolute atomic E-state index is 0.0892. The van der Waals surface area contributed by atoms with Crippen LogP contribution in [-0.2, 0) is 0 Å². The van der Waals surface area contributed by atoms with Gasteiger partial charge in [0.15, 0.2) is 0 Å². The molecule has 2 aliphatic heterocycles. The van der Waals surface area contributed by atoms with Gasteiger partial charge in [-0.05, 0) is 75.4 Å². The van der Waals surface area contributed by atoms with E-state index in [-0.39, 0.29) is 6.71 Å². The molecule has 0 unspecified atom stereocenters. The van der Waals surface area contributed by atoms with Crippen LogP contribution in [0, 0.1) is 6.92 Å². The summed E-state index contributed by atoms with van der Waals surface area (Å²) in [6, 6.07) is 50.2. The van der Waals surface area contributed by atoms with Crippen molar-refractivity contribution in [3.05, 3.63) is 145 Å². The minimum atomic E-state index is 0.0892. The fourth-order valence-corrected chi connectivity index (χ4v) is 7.25. The standard InChI is InChI=1S/C39H26BNO/c1-25-37(27-13-6-3-7-14-27)31-17-9-18-32-39(31)41(25)34-19-10-20-36-38(34)40(32)33-24-30(21-22-35(33)42-36)29-16-8-15-28(23-29)26-11-4-2-5-12-26/h2-24H,1H3. The second kappa shape index (κ2) is 8.86. The Morgan fingerprint density at radius 3 is 2.00 bits per heavy atom. The van der Waals surface area contributed by atoms with Crippen molar-refractivity contribution in [1.29, 1.82) is 0 Å². The molecular formula is C39H26BNO. The van der Waals surface area contributed by atoms with Crippen LogP contribution in [0.25, 0.3) is 50.0 Å². The summed E-state index contributed by atoms with van der Waals surface area (Å²) in [6.45, 7) is 2.34. The molecule has 2 nitrogen and oxygen atoms in total. The van der Waals surface area contributed by atoms with E-state index in [1.165, 1.54) is 72.1 Å². The minimum Gasteiger partial charge on any atom is -0.458 e. The first-order valence-electron chi connectivity index (χ1n) is 14.6. The Morgan fingerprint density at radius 2 is 1.19 bits per heavy atom. The van der Waals surface area contributed by atoms with Crippen LogP contribution in [0.5, 0.6) is 11.5 Å². The van der Waals surface area contributed by atoms with E-state index >= 15 is 0 Å². The van der Waals surface area contributed by atoms with Crippen molar-refractivity contribution in [2.24, 2.45) is 0 Å². The number of hydrogen-bond donors (Lipinski definition) is 0. The summed E-state index contributed by atoms with van der Waals surface area (Å²) in [6.07, 6.45) is 0. The van der Waals surface area contributed by atoms with Crippen molar-refractivity contribution in [3.63, 3.8) is 0 Å². The monoisotopic (exact) mass is 535 g/mol. The lowest BCUT2D eigenvalue weighted by Crippen LogP contribution is -2.58. The Labute approximate surface area is 245 Å². The van der Waals surface area contributed by atoms with Gasteiger partial charge in [0.05, 0.1) is 0 Å². The van der Waals surface area contributed by atoms with Crippen molar-refractivity contribution in [1.82, 2.24) is 4.57 Å². The zero-order valence-corrected chi connectivity index (χ0v) is 23.2. The zero-order valence-electron chi connectivity index (χ0n) is 23.2. The van der Waals surface area contributed by atoms with Crippen LogP contribution < -0.4 is 21.1 Å². The highest BCUT2D eigenvalue weighted by Crippen LogP contribution is 2.40. The fraction of sp³-hybridized carbons (Fsp3) is 0.0256. The molecule has 196 valence electrons. The maximum Gasteiger partial charge on any atom is 0.256 e. The van der Waals surface area contributed by atoms with E-state index in [1.807, 2.05) is 0 Å². The molecule has 42 heavy (non-hydrogen) atoms. The maximum absolute atomic E-state index is 6.64. The highest BCUT2D eigenvalue weighted by Gasteiger charge is 2.40. The van der Waals surface area contributed by atoms with Crippen LogP contribution in [0.4, 0.5) is 0 Å². The van der Waals surface area contributed by atoms with Gasteiger partial charge in [-0.1, -0.05) is 115 Å². The molecule has 0 saturated heterocycles. The lowest BCUT2D eigenvalue weighted by molar-refractivity contribution is 0.487. The van der Waals surface area contributed by atoms with E-state index in [4.69, 9.17) is 4.74 Å². The quantitative estimate of drug-likeness (QED) is 0.210. The summed E-state index contributed by atoms with van der Waals surface area (Å²) in [5, 5.41) is 1.30. The molecule has 2 aliphatic rings. The number of benzene rings is 6. The first-order valence-corrected chi connectivity index (χ1v) is 14.6. The Hall–Kier alpha value is -5.28. The van der Waals surface area contributed by atoms with Crippen molar-refractivity contribution in [2.75, 3.05) is 0 Å². The lowest BCUT2D eigenvalue weighted by Gasteiger charge is -2.33. The average molecular weight is 535 g/mol. The van der Waals surface area contributed by atoms with Gasteiger partial charge in [-0.15, -0.1) is 0 Å². The molecule has 0 atom stereocenters. The predicted molar refractivity (Wildman–Crippen MR) is 175 cm³/mol. The number of ether oxygens (including phenoxy) is 1. The molecule has 0 amide bonds. The van der Waals surface area contributed by atoms with E-state index in [0.29, 0.717) is 0 Å². The SMILES string of the molecule is Cc1c(-c2ccccc2)c2cccc3c2n1-c1cccc2c1B3c1cc(-c3cccc(-c4ccccc4)c3)ccc1O2. The third kappa shape index (κ3) is 3.28. The Balaban J connectivity index is 1.28. The summed E-state index contributed by atoms with van der Waals surface area (Å²) >= 11 is 0. The number of nitrogens with zero attached hydrogens (tertiary/aromatic N) is 1. The largest absolute Gasteiger partial charge is 0.458 e. The Morgan fingerprint density at radius 1 is 0.524 bits per heavy atom. The normalized spacial score (nSPS) is 12.5. The lowest BCUT2D eigenvalue weighted by atomic mass is 9.34. The topological polar surface area (TPSA) is 14.2 Å². The molecular weight excluding hydrogens is 509 g/mol. The summed E-state index contributed by atoms with van der Waals surface area (Å²) in [5.41, 5.74) is 15.0. The van der Waals surface area contributed by atoms with E-state index < -0.39 is 0 Å². The highest BCUT2D eigenvalue weighted by atomic mass is 16.5. The van der Waals surface area contributed by atoms with Gasteiger partial charge >= 0.3 is 0 Å². The molecule has 9 rings (SSSR count). The molecule has 0 bridgehead atoms. The maximum atomic E-state index is 6.64. The molecule has 3 heteroatoms. The molecule has 0 saturated carbocycles. The van der Waals surface area contributed by atoms with Gasteiger partial charge in [0, 0.05) is 27.8 Å². The predicted octanol–water partition coefficient (Wildman–Crippen LogP) is 7.88. The van der Waals surface area contributed by atoms with Gasteiger partial charge in [-0.25, -0.2) is 0 Å². The van der Waals surface area contributed by atoms with Gasteiger partial charge in [-0.3, -0.25) is 0 Å². The van der Waals surface area contributed by atoms with Crippen LogP contribution in [0.1, 0.15) is 5.69 Å². The van der Waals surface area contributed by atoms with Crippen molar-refractivity contribution in [2.45, 2.75) is 6.92 Å². The first-order chi connectivity index (χ1) is 20.8. The summed E-state index contributed by atoms with van der Waals surface area (Å²) in [7, 11) is 0. The Kier molecular flexibility index (Phi) is 4.94. The van der Waals surface area contributed by atoms with Gasteiger partial charge in [0.25, 0.3) is 6.71 Å². The summed E-state index contributed by atoms with van der Waals surface area (Å²) < 4.78 is 9.10. The average Bonchev–Trinajstić information content (AvgIpc) is 3.36. The molecule has 0 N–H and O–H groups in total. The molecule has 0 fully saturated rings. The van der Waals surface area contributed by atoms with Crippen LogP contribution in [0.3, 0.4) is 0 Å². The van der Waals surface area contributed by atoms with Gasteiger partial charge in [0.2, 0.25) is 0 Å². The van der Waals surface area contributed by atoms with Crippen LogP contribution >= 0.6 is 0 Å². The highest BCUT2D eigenvalue weighted by molar-refractivity contribution is 6.99. The van der Waals surface area contributed by atoms with E-state index in [0.717, 1.165) is 11.5 Å². The summed E-state index contributed by atoms with van der Waals surface area (Å²) in [5.74, 6) is 1.88. The second-order valence-corrected chi connectivity index (χ2v) is 11.3. The van der Waals surface area contributed by atoms with Crippen molar-refractivity contribution >= 4 is 34.0 Å². The zero-order chi connectivity index (χ0) is 27.8. The molecule has 0 aliphatic carbocycles. The second-order valence-electron chi connectivity index (χ2n) is 11.3. The molecule has 0 spiro atoms. The van der Waals surface area contributed by atoms with Gasteiger partial charge < -0.3 is 9.30 Å². The van der Waals surface area contributed by atoms with E-state index in [1.54, 1.807) is 0 Å². The van der Waals surface area contributed by atoms with Gasteiger partial charge in [0.1, 0.15) is 11.5 Å². The molecule has 1 aromatic heterocycles. The van der Waals surface area contributed by atoms with Crippen LogP contribution in [0.15, 0.2) is 140 Å². The van der Waals surface area contributed by atoms with Gasteiger partial charge in [-0.2, -0.15) is 0 Å². The molecule has 0 radical (unpaired) electrons. The fourth-order valence-electron chi connectivity index (χ4n) is 7.25. The molecule has 6 aromatic carbocycles. The van der Waals surface area contributed by atoms with Crippen LogP contribution in [0.2, 0.25) is 0 Å². The summed E-state index contributed by atoms with van der Waals surface area (Å²) in [4.78, 5) is 0. The number of fused-ring (bicyclic) bond motifs is 4. The van der Waals surface area contributed by atoms with E-state index in [2.05, 4.69) is 151 Å². The third-order valence-electron chi connectivity index (χ3n) is 9.05. The van der Waals surface area contributed by atoms with Crippen molar-refractivity contribution < 1.29 is 4.74 Å². The number of para-hydroxylation sites is 1.